The fourth-order valence-electron chi connectivity index (χ4n) is 3.59. The van der Waals surface area contributed by atoms with Crippen molar-refractivity contribution in [3.8, 4) is 11.3 Å². The lowest BCUT2D eigenvalue weighted by Crippen LogP contribution is -2.20. The van der Waals surface area contributed by atoms with Gasteiger partial charge in [-0.2, -0.15) is 0 Å². The Hall–Kier alpha value is -2.75. The Morgan fingerprint density at radius 1 is 1.15 bits per heavy atom. The number of carbonyl (C=O) groups is 1. The molecule has 2 heterocycles. The molecule has 0 spiro atoms. The smallest absolute Gasteiger partial charge is 0.171 e. The van der Waals surface area contributed by atoms with Gasteiger partial charge < -0.3 is 4.98 Å². The third kappa shape index (κ3) is 3.44. The van der Waals surface area contributed by atoms with Crippen molar-refractivity contribution in [2.24, 2.45) is 5.41 Å². The topological polar surface area (TPSA) is 58.6 Å². The molecule has 0 aliphatic heterocycles. The van der Waals surface area contributed by atoms with E-state index in [9.17, 15) is 4.79 Å². The minimum Gasteiger partial charge on any atom is -0.344 e. The normalized spacial score (nSPS) is 15.0. The van der Waals surface area contributed by atoms with Crippen molar-refractivity contribution >= 4 is 22.5 Å². The molecule has 4 heteroatoms. The van der Waals surface area contributed by atoms with Crippen LogP contribution >= 0.6 is 0 Å². The summed E-state index contributed by atoms with van der Waals surface area (Å²) in [4.78, 5) is 25.1. The standard InChI is InChI=1S/C23H25N3O/c1-23(2,3)21(27)18-13-24-22-20(18)26-19(14-25-22)17-11-7-10-16(12-17)15-8-5-4-6-9-15/h7-8,10-14H,4-6,9H2,1-3H3,(H,24,25). The van der Waals surface area contributed by atoms with Crippen molar-refractivity contribution in [1.82, 2.24) is 15.0 Å². The summed E-state index contributed by atoms with van der Waals surface area (Å²) in [7, 11) is 0. The maximum absolute atomic E-state index is 12.8. The van der Waals surface area contributed by atoms with Gasteiger partial charge in [-0.05, 0) is 42.9 Å². The molecule has 27 heavy (non-hydrogen) atoms. The van der Waals surface area contributed by atoms with E-state index < -0.39 is 5.41 Å². The van der Waals surface area contributed by atoms with Crippen LogP contribution in [0.1, 0.15) is 62.4 Å². The minimum absolute atomic E-state index is 0.0707. The lowest BCUT2D eigenvalue weighted by atomic mass is 9.87. The van der Waals surface area contributed by atoms with Crippen molar-refractivity contribution in [2.45, 2.75) is 46.5 Å². The second-order valence-electron chi connectivity index (χ2n) is 8.29. The molecule has 2 aromatic heterocycles. The van der Waals surface area contributed by atoms with Gasteiger partial charge in [-0.3, -0.25) is 4.79 Å². The number of aromatic nitrogens is 3. The summed E-state index contributed by atoms with van der Waals surface area (Å²) in [5.41, 5.74) is 5.95. The first-order chi connectivity index (χ1) is 12.9. The van der Waals surface area contributed by atoms with Crippen molar-refractivity contribution in [1.29, 1.82) is 0 Å². The SMILES string of the molecule is CC(C)(C)C(=O)c1c[nH]c2ncc(-c3cccc(C4=CCCCC4)c3)nc12. The molecule has 4 nitrogen and oxygen atoms in total. The first-order valence-electron chi connectivity index (χ1n) is 9.62. The second kappa shape index (κ2) is 6.76. The van der Waals surface area contributed by atoms with Gasteiger partial charge in [-0.15, -0.1) is 0 Å². The van der Waals surface area contributed by atoms with Crippen molar-refractivity contribution < 1.29 is 4.79 Å². The molecule has 0 fully saturated rings. The van der Waals surface area contributed by atoms with Crippen LogP contribution < -0.4 is 0 Å². The van der Waals surface area contributed by atoms with Gasteiger partial charge in [-0.1, -0.05) is 45.0 Å². The number of benzene rings is 1. The molecule has 1 aromatic carbocycles. The van der Waals surface area contributed by atoms with Gasteiger partial charge in [0.15, 0.2) is 11.4 Å². The Balaban J connectivity index is 1.76. The van der Waals surface area contributed by atoms with E-state index in [0.717, 1.165) is 24.1 Å². The number of fused-ring (bicyclic) bond motifs is 1. The summed E-state index contributed by atoms with van der Waals surface area (Å²) in [5, 5.41) is 0. The Morgan fingerprint density at radius 2 is 1.96 bits per heavy atom. The fraction of sp³-hybridized carbons (Fsp3) is 0.348. The van der Waals surface area contributed by atoms with E-state index in [1.54, 1.807) is 12.4 Å². The van der Waals surface area contributed by atoms with Crippen molar-refractivity contribution in [3.63, 3.8) is 0 Å². The maximum Gasteiger partial charge on any atom is 0.171 e. The zero-order valence-electron chi connectivity index (χ0n) is 16.2. The van der Waals surface area contributed by atoms with Crippen LogP contribution in [-0.4, -0.2) is 20.7 Å². The average molecular weight is 359 g/mol. The molecule has 138 valence electrons. The van der Waals surface area contributed by atoms with Gasteiger partial charge in [0.25, 0.3) is 0 Å². The molecule has 0 bridgehead atoms. The molecule has 0 saturated carbocycles. The number of allylic oxidation sites excluding steroid dienone is 2. The highest BCUT2D eigenvalue weighted by Crippen LogP contribution is 2.30. The summed E-state index contributed by atoms with van der Waals surface area (Å²) in [6.07, 6.45) is 10.7. The van der Waals surface area contributed by atoms with E-state index in [2.05, 4.69) is 40.3 Å². The van der Waals surface area contributed by atoms with Crippen LogP contribution in [0.15, 0.2) is 42.7 Å². The monoisotopic (exact) mass is 359 g/mol. The maximum atomic E-state index is 12.8. The molecule has 1 aliphatic rings. The largest absolute Gasteiger partial charge is 0.344 e. The number of nitrogens with zero attached hydrogens (tertiary/aromatic N) is 2. The van der Waals surface area contributed by atoms with Gasteiger partial charge in [0.2, 0.25) is 0 Å². The quantitative estimate of drug-likeness (QED) is 0.600. The number of hydrogen-bond donors (Lipinski definition) is 1. The molecule has 1 aliphatic carbocycles. The van der Waals surface area contributed by atoms with Gasteiger partial charge in [0.1, 0.15) is 5.52 Å². The summed E-state index contributed by atoms with van der Waals surface area (Å²) >= 11 is 0. The number of Topliss-reactive ketones (excluding diaryl/α,β-unsaturated/α-hetero) is 1. The number of ketones is 1. The molecule has 0 radical (unpaired) electrons. The van der Waals surface area contributed by atoms with Crippen LogP contribution in [0.4, 0.5) is 0 Å². The molecule has 0 unspecified atom stereocenters. The lowest BCUT2D eigenvalue weighted by Gasteiger charge is -2.15. The summed E-state index contributed by atoms with van der Waals surface area (Å²) in [6, 6.07) is 8.48. The van der Waals surface area contributed by atoms with Gasteiger partial charge in [0, 0.05) is 17.2 Å². The highest BCUT2D eigenvalue weighted by molar-refractivity contribution is 6.08. The Bertz CT molecular complexity index is 1040. The number of carbonyl (C=O) groups excluding carboxylic acids is 1. The van der Waals surface area contributed by atoms with E-state index in [1.807, 2.05) is 20.8 Å². The molecular weight excluding hydrogens is 334 g/mol. The van der Waals surface area contributed by atoms with Crippen LogP contribution in [0.2, 0.25) is 0 Å². The summed E-state index contributed by atoms with van der Waals surface area (Å²) in [5.74, 6) is 0.0707. The van der Waals surface area contributed by atoms with E-state index in [0.29, 0.717) is 16.7 Å². The summed E-state index contributed by atoms with van der Waals surface area (Å²) < 4.78 is 0. The van der Waals surface area contributed by atoms with E-state index in [1.165, 1.54) is 24.0 Å². The molecule has 4 rings (SSSR count). The number of H-pyrrole nitrogens is 1. The Labute approximate surface area is 159 Å². The van der Waals surface area contributed by atoms with Crippen LogP contribution in [-0.2, 0) is 0 Å². The molecule has 1 N–H and O–H groups in total. The van der Waals surface area contributed by atoms with E-state index in [4.69, 9.17) is 4.98 Å². The molecule has 0 amide bonds. The third-order valence-electron chi connectivity index (χ3n) is 5.13. The fourth-order valence-corrected chi connectivity index (χ4v) is 3.59. The lowest BCUT2D eigenvalue weighted by molar-refractivity contribution is 0.0860. The number of nitrogens with one attached hydrogen (secondary N) is 1. The van der Waals surface area contributed by atoms with Crippen LogP contribution in [0.25, 0.3) is 28.0 Å². The molecule has 0 atom stereocenters. The highest BCUT2D eigenvalue weighted by Gasteiger charge is 2.26. The van der Waals surface area contributed by atoms with Crippen LogP contribution in [0, 0.1) is 5.41 Å². The van der Waals surface area contributed by atoms with Crippen LogP contribution in [0.3, 0.4) is 0 Å². The van der Waals surface area contributed by atoms with E-state index in [-0.39, 0.29) is 5.78 Å². The first kappa shape index (κ1) is 17.7. The zero-order chi connectivity index (χ0) is 19.0. The van der Waals surface area contributed by atoms with E-state index >= 15 is 0 Å². The Morgan fingerprint density at radius 3 is 2.70 bits per heavy atom. The van der Waals surface area contributed by atoms with Gasteiger partial charge in [-0.25, -0.2) is 9.97 Å². The number of hydrogen-bond acceptors (Lipinski definition) is 3. The molecular formula is C23H25N3O. The zero-order valence-corrected chi connectivity index (χ0v) is 16.2. The number of aromatic amines is 1. The molecule has 0 saturated heterocycles. The van der Waals surface area contributed by atoms with Crippen molar-refractivity contribution in [3.05, 3.63) is 53.9 Å². The summed E-state index contributed by atoms with van der Waals surface area (Å²) in [6.45, 7) is 5.77. The van der Waals surface area contributed by atoms with Gasteiger partial charge in [0.05, 0.1) is 17.5 Å². The predicted molar refractivity (Wildman–Crippen MR) is 110 cm³/mol. The van der Waals surface area contributed by atoms with Gasteiger partial charge >= 0.3 is 0 Å². The first-order valence-corrected chi connectivity index (χ1v) is 9.62. The molecule has 3 aromatic rings. The average Bonchev–Trinajstić information content (AvgIpc) is 3.10. The predicted octanol–water partition coefficient (Wildman–Crippen LogP) is 5.81. The Kier molecular flexibility index (Phi) is 4.42. The third-order valence-corrected chi connectivity index (χ3v) is 5.13. The number of rotatable bonds is 3. The van der Waals surface area contributed by atoms with Crippen molar-refractivity contribution in [2.75, 3.05) is 0 Å². The minimum atomic E-state index is -0.458. The second-order valence-corrected chi connectivity index (χ2v) is 8.29. The van der Waals surface area contributed by atoms with Crippen LogP contribution in [0.5, 0.6) is 0 Å². The highest BCUT2D eigenvalue weighted by atomic mass is 16.1.